The molecule has 2 atom stereocenters. The third-order valence-corrected chi connectivity index (χ3v) is 6.56. The normalized spacial score (nSPS) is 27.2. The van der Waals surface area contributed by atoms with Crippen molar-refractivity contribution in [3.8, 4) is 0 Å². The highest BCUT2D eigenvalue weighted by molar-refractivity contribution is 9.10. The standard InChI is InChI=1S/C24H21BrN4O2/c25-18-13-11-17(12-14-18)24-19(20(26-22(30)28-24)15-7-3-1-4-8-15)21(27-23(31)29-24)16-9-5-2-6-10-16/h1-14,19-21H,(H2,26,28,30)(H2,27,29,31)/t19?,20-,21-,24?/m1/s1. The summed E-state index contributed by atoms with van der Waals surface area (Å²) in [5.74, 6) is -0.256. The van der Waals surface area contributed by atoms with Crippen LogP contribution in [0.25, 0.3) is 0 Å². The number of benzene rings is 3. The Morgan fingerprint density at radius 2 is 1.10 bits per heavy atom. The molecule has 4 N–H and O–H groups in total. The molecule has 2 aliphatic rings. The van der Waals surface area contributed by atoms with Crippen LogP contribution in [0.4, 0.5) is 9.59 Å². The van der Waals surface area contributed by atoms with Crippen LogP contribution < -0.4 is 21.3 Å². The maximum Gasteiger partial charge on any atom is 0.317 e. The predicted molar refractivity (Wildman–Crippen MR) is 121 cm³/mol. The van der Waals surface area contributed by atoms with Gasteiger partial charge in [-0.2, -0.15) is 0 Å². The molecule has 156 valence electrons. The summed E-state index contributed by atoms with van der Waals surface area (Å²) < 4.78 is 0.920. The number of amides is 4. The summed E-state index contributed by atoms with van der Waals surface area (Å²) >= 11 is 3.48. The molecule has 0 radical (unpaired) electrons. The van der Waals surface area contributed by atoms with E-state index in [1.807, 2.05) is 84.9 Å². The van der Waals surface area contributed by atoms with Gasteiger partial charge in [-0.05, 0) is 28.8 Å². The number of carbonyl (C=O) groups excluding carboxylic acids is 2. The van der Waals surface area contributed by atoms with Gasteiger partial charge in [-0.15, -0.1) is 0 Å². The van der Waals surface area contributed by atoms with Gasteiger partial charge in [-0.25, -0.2) is 9.59 Å². The highest BCUT2D eigenvalue weighted by Gasteiger charge is 2.57. The molecule has 2 aliphatic heterocycles. The van der Waals surface area contributed by atoms with E-state index >= 15 is 0 Å². The Morgan fingerprint density at radius 3 is 1.55 bits per heavy atom. The molecule has 0 aromatic heterocycles. The molecule has 3 aromatic rings. The molecule has 7 heteroatoms. The number of hydrogen-bond acceptors (Lipinski definition) is 2. The van der Waals surface area contributed by atoms with Gasteiger partial charge >= 0.3 is 12.1 Å². The Bertz CT molecular complexity index is 1040. The molecular weight excluding hydrogens is 456 g/mol. The van der Waals surface area contributed by atoms with Crippen LogP contribution in [0.5, 0.6) is 0 Å². The Balaban J connectivity index is 1.73. The van der Waals surface area contributed by atoms with E-state index in [9.17, 15) is 9.59 Å². The fraction of sp³-hybridized carbons (Fsp3) is 0.167. The number of nitrogens with one attached hydrogen (secondary N) is 4. The van der Waals surface area contributed by atoms with E-state index < -0.39 is 5.66 Å². The van der Waals surface area contributed by atoms with Gasteiger partial charge in [-0.1, -0.05) is 88.7 Å². The Morgan fingerprint density at radius 1 is 0.645 bits per heavy atom. The number of carbonyl (C=O) groups is 2. The molecule has 4 amide bonds. The van der Waals surface area contributed by atoms with Gasteiger partial charge in [0.2, 0.25) is 0 Å². The van der Waals surface area contributed by atoms with Crippen LogP contribution in [0.2, 0.25) is 0 Å². The van der Waals surface area contributed by atoms with Crippen molar-refractivity contribution in [2.45, 2.75) is 17.7 Å². The lowest BCUT2D eigenvalue weighted by Gasteiger charge is -2.54. The fourth-order valence-electron chi connectivity index (χ4n) is 4.73. The lowest BCUT2D eigenvalue weighted by atomic mass is 9.70. The highest BCUT2D eigenvalue weighted by atomic mass is 79.9. The molecule has 0 bridgehead atoms. The van der Waals surface area contributed by atoms with Crippen molar-refractivity contribution in [1.82, 2.24) is 21.3 Å². The average molecular weight is 477 g/mol. The first-order chi connectivity index (χ1) is 15.1. The second-order valence-electron chi connectivity index (χ2n) is 7.81. The van der Waals surface area contributed by atoms with Crippen LogP contribution in [0.3, 0.4) is 0 Å². The van der Waals surface area contributed by atoms with E-state index in [0.717, 1.165) is 21.2 Å². The summed E-state index contributed by atoms with van der Waals surface area (Å²) in [6.45, 7) is 0. The van der Waals surface area contributed by atoms with Gasteiger partial charge in [0.25, 0.3) is 0 Å². The number of rotatable bonds is 3. The van der Waals surface area contributed by atoms with Crippen LogP contribution in [0.1, 0.15) is 28.8 Å². The highest BCUT2D eigenvalue weighted by Crippen LogP contribution is 2.47. The van der Waals surface area contributed by atoms with E-state index in [1.54, 1.807) is 0 Å². The van der Waals surface area contributed by atoms with Crippen LogP contribution >= 0.6 is 15.9 Å². The monoisotopic (exact) mass is 476 g/mol. The molecule has 0 spiro atoms. The summed E-state index contributed by atoms with van der Waals surface area (Å²) in [6.07, 6.45) is 0. The molecule has 0 saturated carbocycles. The van der Waals surface area contributed by atoms with Crippen LogP contribution in [0, 0.1) is 5.92 Å². The van der Waals surface area contributed by atoms with Crippen molar-refractivity contribution in [3.05, 3.63) is 106 Å². The topological polar surface area (TPSA) is 82.3 Å². The summed E-state index contributed by atoms with van der Waals surface area (Å²) in [6, 6.07) is 26.1. The largest absolute Gasteiger partial charge is 0.331 e. The average Bonchev–Trinajstić information content (AvgIpc) is 2.79. The zero-order valence-electron chi connectivity index (χ0n) is 16.5. The second-order valence-corrected chi connectivity index (χ2v) is 8.73. The SMILES string of the molecule is O=C1N[C@H](c2ccccc2)C2[C@@H](c3ccccc3)NC(=O)NC2(c2ccc(Br)cc2)N1. The molecule has 3 aromatic carbocycles. The smallest absolute Gasteiger partial charge is 0.317 e. The first kappa shape index (κ1) is 19.6. The molecule has 2 fully saturated rings. The minimum Gasteiger partial charge on any atom is -0.331 e. The summed E-state index contributed by atoms with van der Waals surface area (Å²) in [7, 11) is 0. The third-order valence-electron chi connectivity index (χ3n) is 6.03. The Kier molecular flexibility index (Phi) is 4.90. The van der Waals surface area contributed by atoms with E-state index in [4.69, 9.17) is 0 Å². The van der Waals surface area contributed by atoms with E-state index in [0.29, 0.717) is 0 Å². The van der Waals surface area contributed by atoms with E-state index in [2.05, 4.69) is 37.2 Å². The maximum absolute atomic E-state index is 12.9. The third kappa shape index (κ3) is 3.45. The van der Waals surface area contributed by atoms with Gasteiger partial charge in [0, 0.05) is 4.47 Å². The van der Waals surface area contributed by atoms with Crippen LogP contribution in [0.15, 0.2) is 89.4 Å². The molecule has 0 aliphatic carbocycles. The zero-order valence-corrected chi connectivity index (χ0v) is 18.1. The zero-order chi connectivity index (χ0) is 21.4. The molecule has 0 unspecified atom stereocenters. The fourth-order valence-corrected chi connectivity index (χ4v) is 5.00. The molecular formula is C24H21BrN4O2. The predicted octanol–water partition coefficient (Wildman–Crippen LogP) is 4.33. The first-order valence-electron chi connectivity index (χ1n) is 10.1. The lowest BCUT2D eigenvalue weighted by Crippen LogP contribution is -2.75. The number of urea groups is 2. The van der Waals surface area contributed by atoms with Crippen molar-refractivity contribution in [3.63, 3.8) is 0 Å². The number of hydrogen-bond donors (Lipinski definition) is 4. The quantitative estimate of drug-likeness (QED) is 0.453. The molecule has 2 saturated heterocycles. The van der Waals surface area contributed by atoms with Gasteiger partial charge < -0.3 is 21.3 Å². The van der Waals surface area contributed by atoms with Gasteiger partial charge in [0.1, 0.15) is 5.66 Å². The summed E-state index contributed by atoms with van der Waals surface area (Å²) in [5, 5.41) is 12.3. The van der Waals surface area contributed by atoms with Crippen molar-refractivity contribution in [1.29, 1.82) is 0 Å². The molecule has 31 heavy (non-hydrogen) atoms. The second kappa shape index (κ2) is 7.74. The van der Waals surface area contributed by atoms with Gasteiger partial charge in [-0.3, -0.25) is 0 Å². The maximum atomic E-state index is 12.9. The summed E-state index contributed by atoms with van der Waals surface area (Å²) in [5.41, 5.74) is 1.67. The number of fused-ring (bicyclic) bond motifs is 1. The summed E-state index contributed by atoms with van der Waals surface area (Å²) in [4.78, 5) is 25.8. The minimum absolute atomic E-state index is 0.256. The molecule has 2 heterocycles. The first-order valence-corrected chi connectivity index (χ1v) is 10.9. The Labute approximate surface area is 188 Å². The van der Waals surface area contributed by atoms with Crippen LogP contribution in [-0.4, -0.2) is 12.1 Å². The Hall–Kier alpha value is -3.32. The van der Waals surface area contributed by atoms with Crippen LogP contribution in [-0.2, 0) is 5.66 Å². The van der Waals surface area contributed by atoms with Crippen molar-refractivity contribution in [2.75, 3.05) is 0 Å². The van der Waals surface area contributed by atoms with Crippen molar-refractivity contribution < 1.29 is 9.59 Å². The lowest BCUT2D eigenvalue weighted by molar-refractivity contribution is 0.0557. The van der Waals surface area contributed by atoms with Crippen molar-refractivity contribution >= 4 is 28.0 Å². The molecule has 5 rings (SSSR count). The number of halogens is 1. The van der Waals surface area contributed by atoms with Crippen molar-refractivity contribution in [2.24, 2.45) is 5.92 Å². The van der Waals surface area contributed by atoms with E-state index in [1.165, 1.54) is 0 Å². The minimum atomic E-state index is -1.09. The van der Waals surface area contributed by atoms with E-state index in [-0.39, 0.29) is 30.1 Å². The van der Waals surface area contributed by atoms with Gasteiger partial charge in [0.05, 0.1) is 18.0 Å². The van der Waals surface area contributed by atoms with Gasteiger partial charge in [0.15, 0.2) is 0 Å². The molecule has 6 nitrogen and oxygen atoms in total.